The van der Waals surface area contributed by atoms with E-state index in [-0.39, 0.29) is 18.2 Å². The average Bonchev–Trinajstić information content (AvgIpc) is 3.12. The Hall–Kier alpha value is -3.23. The molecule has 12 heteroatoms. The van der Waals surface area contributed by atoms with Crippen LogP contribution in [-0.2, 0) is 17.5 Å². The standard InChI is InChI=1S/C19H18F6N4O2/c1-12(2)9-31-17(30)29-8-14(27-11-29)7-28(10-18(20,21)22)15-4-3-13(6-26)16(5-15)19(23,24)25/h3-5,8,11-12H,7,9-10H2,1-2H3. The van der Waals surface area contributed by atoms with Crippen LogP contribution in [0.5, 0.6) is 0 Å². The van der Waals surface area contributed by atoms with Crippen molar-refractivity contribution in [2.45, 2.75) is 32.7 Å². The molecule has 31 heavy (non-hydrogen) atoms. The molecule has 1 aromatic heterocycles. The van der Waals surface area contributed by atoms with Crippen LogP contribution < -0.4 is 4.90 Å². The molecule has 0 bridgehead atoms. The van der Waals surface area contributed by atoms with Gasteiger partial charge in [-0.1, -0.05) is 13.8 Å². The van der Waals surface area contributed by atoms with E-state index in [1.165, 1.54) is 6.07 Å². The first kappa shape index (κ1) is 24.0. The van der Waals surface area contributed by atoms with Gasteiger partial charge in [0, 0.05) is 11.9 Å². The number of halogens is 6. The Labute approximate surface area is 173 Å². The van der Waals surface area contributed by atoms with Crippen molar-refractivity contribution in [3.05, 3.63) is 47.5 Å². The molecule has 0 atom stereocenters. The van der Waals surface area contributed by atoms with E-state index >= 15 is 0 Å². The van der Waals surface area contributed by atoms with E-state index in [1.54, 1.807) is 0 Å². The number of nitrogens with zero attached hydrogens (tertiary/aromatic N) is 4. The summed E-state index contributed by atoms with van der Waals surface area (Å²) in [6.07, 6.45) is -8.26. The number of rotatable bonds is 6. The van der Waals surface area contributed by atoms with Crippen LogP contribution in [0.1, 0.15) is 30.7 Å². The van der Waals surface area contributed by atoms with Crippen LogP contribution in [0.4, 0.5) is 36.8 Å². The van der Waals surface area contributed by atoms with Gasteiger partial charge in [0.1, 0.15) is 12.9 Å². The van der Waals surface area contributed by atoms with Gasteiger partial charge in [-0.3, -0.25) is 0 Å². The molecule has 0 aliphatic carbocycles. The van der Waals surface area contributed by atoms with Gasteiger partial charge < -0.3 is 9.64 Å². The quantitative estimate of drug-likeness (QED) is 0.583. The molecule has 0 aliphatic heterocycles. The van der Waals surface area contributed by atoms with Crippen molar-refractivity contribution < 1.29 is 35.9 Å². The second-order valence-electron chi connectivity index (χ2n) is 7.05. The maximum absolute atomic E-state index is 13.2. The minimum atomic E-state index is -4.92. The van der Waals surface area contributed by atoms with Crippen molar-refractivity contribution in [2.24, 2.45) is 5.92 Å². The number of benzene rings is 1. The van der Waals surface area contributed by atoms with Crippen LogP contribution in [-0.4, -0.2) is 35.0 Å². The summed E-state index contributed by atoms with van der Waals surface area (Å²) in [6, 6.07) is 3.66. The van der Waals surface area contributed by atoms with Crippen LogP contribution in [0.15, 0.2) is 30.7 Å². The summed E-state index contributed by atoms with van der Waals surface area (Å²) in [4.78, 5) is 16.4. The molecule has 0 radical (unpaired) electrons. The van der Waals surface area contributed by atoms with Crippen LogP contribution >= 0.6 is 0 Å². The van der Waals surface area contributed by atoms with Gasteiger partial charge in [-0.05, 0) is 24.1 Å². The largest absolute Gasteiger partial charge is 0.449 e. The fourth-order valence-electron chi connectivity index (χ4n) is 2.57. The summed E-state index contributed by atoms with van der Waals surface area (Å²) >= 11 is 0. The zero-order valence-corrected chi connectivity index (χ0v) is 16.5. The number of carbonyl (C=O) groups excluding carboxylic acids is 1. The normalized spacial score (nSPS) is 12.0. The Morgan fingerprint density at radius 1 is 1.26 bits per heavy atom. The van der Waals surface area contributed by atoms with Gasteiger partial charge in [-0.15, -0.1) is 0 Å². The minimum Gasteiger partial charge on any atom is -0.449 e. The van der Waals surface area contributed by atoms with Crippen LogP contribution in [0.3, 0.4) is 0 Å². The van der Waals surface area contributed by atoms with E-state index < -0.39 is 48.3 Å². The summed E-state index contributed by atoms with van der Waals surface area (Å²) in [5, 5.41) is 8.87. The van der Waals surface area contributed by atoms with Crippen molar-refractivity contribution in [1.82, 2.24) is 9.55 Å². The summed E-state index contributed by atoms with van der Waals surface area (Å²) in [5.41, 5.74) is -2.45. The number of hydrogen-bond acceptors (Lipinski definition) is 5. The predicted molar refractivity (Wildman–Crippen MR) is 97.1 cm³/mol. The molecule has 0 N–H and O–H groups in total. The highest BCUT2D eigenvalue weighted by molar-refractivity contribution is 5.70. The summed E-state index contributed by atoms with van der Waals surface area (Å²) < 4.78 is 84.7. The molecule has 0 amide bonds. The van der Waals surface area contributed by atoms with Crippen molar-refractivity contribution in [3.8, 4) is 6.07 Å². The first-order valence-electron chi connectivity index (χ1n) is 8.93. The molecule has 0 fully saturated rings. The van der Waals surface area contributed by atoms with E-state index in [0.29, 0.717) is 11.0 Å². The van der Waals surface area contributed by atoms with Gasteiger partial charge in [0.05, 0.1) is 36.0 Å². The van der Waals surface area contributed by atoms with E-state index in [4.69, 9.17) is 10.00 Å². The molecule has 0 saturated carbocycles. The zero-order chi connectivity index (χ0) is 23.4. The molecule has 0 unspecified atom stereocenters. The molecule has 2 rings (SSSR count). The Kier molecular flexibility index (Phi) is 7.20. The Balaban J connectivity index is 2.33. The van der Waals surface area contributed by atoms with Gasteiger partial charge >= 0.3 is 18.4 Å². The molecular formula is C19H18F6N4O2. The average molecular weight is 448 g/mol. The Bertz CT molecular complexity index is 960. The van der Waals surface area contributed by atoms with Crippen molar-refractivity contribution in [2.75, 3.05) is 18.1 Å². The van der Waals surface area contributed by atoms with Crippen LogP contribution in [0.2, 0.25) is 0 Å². The molecule has 0 saturated heterocycles. The third-order valence-electron chi connectivity index (χ3n) is 3.90. The Morgan fingerprint density at radius 3 is 2.48 bits per heavy atom. The van der Waals surface area contributed by atoms with Gasteiger partial charge in [0.2, 0.25) is 0 Å². The number of alkyl halides is 6. The molecular weight excluding hydrogens is 430 g/mol. The first-order chi connectivity index (χ1) is 14.3. The lowest BCUT2D eigenvalue weighted by Crippen LogP contribution is -2.34. The van der Waals surface area contributed by atoms with Gasteiger partial charge in [0.25, 0.3) is 0 Å². The minimum absolute atomic E-state index is 0.00339. The third kappa shape index (κ3) is 6.91. The van der Waals surface area contributed by atoms with Crippen molar-refractivity contribution in [3.63, 3.8) is 0 Å². The lowest BCUT2D eigenvalue weighted by molar-refractivity contribution is -0.137. The SMILES string of the molecule is CC(C)COC(=O)n1cnc(CN(CC(F)(F)F)c2ccc(C#N)c(C(F)(F)F)c2)c1. The number of aromatic nitrogens is 2. The zero-order valence-electron chi connectivity index (χ0n) is 16.5. The second kappa shape index (κ2) is 9.28. The Morgan fingerprint density at radius 2 is 1.94 bits per heavy atom. The lowest BCUT2D eigenvalue weighted by atomic mass is 10.1. The molecule has 1 aromatic carbocycles. The predicted octanol–water partition coefficient (Wildman–Crippen LogP) is 4.98. The van der Waals surface area contributed by atoms with Crippen molar-refractivity contribution in [1.29, 1.82) is 5.26 Å². The van der Waals surface area contributed by atoms with Crippen molar-refractivity contribution >= 4 is 11.8 Å². The molecule has 6 nitrogen and oxygen atoms in total. The highest BCUT2D eigenvalue weighted by atomic mass is 19.4. The second-order valence-corrected chi connectivity index (χ2v) is 7.05. The van der Waals surface area contributed by atoms with Gasteiger partial charge in [0.15, 0.2) is 0 Å². The first-order valence-corrected chi connectivity index (χ1v) is 8.93. The van der Waals surface area contributed by atoms with E-state index in [0.717, 1.165) is 29.2 Å². The number of imidazole rings is 1. The monoisotopic (exact) mass is 448 g/mol. The smallest absolute Gasteiger partial charge is 0.419 e. The fourth-order valence-corrected chi connectivity index (χ4v) is 2.57. The van der Waals surface area contributed by atoms with Gasteiger partial charge in [-0.2, -0.15) is 31.6 Å². The molecule has 2 aromatic rings. The number of carbonyl (C=O) groups is 1. The molecule has 168 valence electrons. The number of nitriles is 1. The highest BCUT2D eigenvalue weighted by Crippen LogP contribution is 2.35. The number of hydrogen-bond donors (Lipinski definition) is 0. The van der Waals surface area contributed by atoms with E-state index in [2.05, 4.69) is 4.98 Å². The third-order valence-corrected chi connectivity index (χ3v) is 3.90. The number of ether oxygens (including phenoxy) is 1. The molecule has 0 spiro atoms. The fraction of sp³-hybridized carbons (Fsp3) is 0.421. The van der Waals surface area contributed by atoms with Crippen LogP contribution in [0, 0.1) is 17.2 Å². The van der Waals surface area contributed by atoms with E-state index in [1.807, 2.05) is 13.8 Å². The summed E-state index contributed by atoms with van der Waals surface area (Å²) in [5.74, 6) is 0.0634. The maximum Gasteiger partial charge on any atom is 0.419 e. The van der Waals surface area contributed by atoms with E-state index in [9.17, 15) is 31.1 Å². The van der Waals surface area contributed by atoms with Gasteiger partial charge in [-0.25, -0.2) is 14.3 Å². The topological polar surface area (TPSA) is 71.2 Å². The van der Waals surface area contributed by atoms with Crippen LogP contribution in [0.25, 0.3) is 0 Å². The summed E-state index contributed by atoms with van der Waals surface area (Å²) in [6.45, 7) is 1.65. The lowest BCUT2D eigenvalue weighted by Gasteiger charge is -2.26. The number of anilines is 1. The highest BCUT2D eigenvalue weighted by Gasteiger charge is 2.36. The molecule has 1 heterocycles. The summed E-state index contributed by atoms with van der Waals surface area (Å²) in [7, 11) is 0. The maximum atomic E-state index is 13.2. The molecule has 0 aliphatic rings.